The van der Waals surface area contributed by atoms with E-state index in [1.807, 2.05) is 0 Å². The molecule has 1 aromatic rings. The van der Waals surface area contributed by atoms with Crippen molar-refractivity contribution in [3.63, 3.8) is 0 Å². The molecule has 0 radical (unpaired) electrons. The van der Waals surface area contributed by atoms with Gasteiger partial charge in [-0.15, -0.1) is 0 Å². The van der Waals surface area contributed by atoms with E-state index in [4.69, 9.17) is 0 Å². The Morgan fingerprint density at radius 3 is 2.29 bits per heavy atom. The molecule has 4 nitrogen and oxygen atoms in total. The fraction of sp³-hybridized carbons (Fsp3) is 0.600. The van der Waals surface area contributed by atoms with Gasteiger partial charge in [0, 0.05) is 50.7 Å². The predicted molar refractivity (Wildman–Crippen MR) is 101 cm³/mol. The zero-order chi connectivity index (χ0) is 17.0. The van der Waals surface area contributed by atoms with E-state index >= 15 is 0 Å². The summed E-state index contributed by atoms with van der Waals surface area (Å²) >= 11 is 0. The molecule has 3 rings (SSSR count). The zero-order valence-electron chi connectivity index (χ0n) is 15.3. The van der Waals surface area contributed by atoms with E-state index in [-0.39, 0.29) is 5.54 Å². The minimum atomic E-state index is 0.0449. The van der Waals surface area contributed by atoms with E-state index in [1.54, 1.807) is 0 Å². The van der Waals surface area contributed by atoms with Crippen molar-refractivity contribution in [3.05, 3.63) is 47.5 Å². The second-order valence-corrected chi connectivity index (χ2v) is 7.31. The summed E-state index contributed by atoms with van der Waals surface area (Å²) in [5.74, 6) is 0.351. The van der Waals surface area contributed by atoms with E-state index in [0.717, 1.165) is 39.3 Å². The average Bonchev–Trinajstić information content (AvgIpc) is 3.15. The molecule has 24 heavy (non-hydrogen) atoms. The summed E-state index contributed by atoms with van der Waals surface area (Å²) in [7, 11) is 0. The molecule has 1 atom stereocenters. The third-order valence-corrected chi connectivity index (χ3v) is 5.61. The highest BCUT2D eigenvalue weighted by Gasteiger charge is 2.39. The first kappa shape index (κ1) is 17.6. The van der Waals surface area contributed by atoms with Crippen LogP contribution in [-0.2, 0) is 0 Å². The molecule has 2 aliphatic rings. The standard InChI is InChI=1S/C20H32N4/c1-4-17(20(2,3)24-14-12-21-13-15-24)18(19-22-10-11-23-19)16-8-6-5-7-9-16/h4-9,18-19,21-23H,10-15H2,1-3H3. The Bertz CT molecular complexity index is 540. The molecule has 0 bridgehead atoms. The Hall–Kier alpha value is -1.20. The van der Waals surface area contributed by atoms with Gasteiger partial charge in [0.2, 0.25) is 0 Å². The van der Waals surface area contributed by atoms with Gasteiger partial charge >= 0.3 is 0 Å². The lowest BCUT2D eigenvalue weighted by Gasteiger charge is -2.46. The highest BCUT2D eigenvalue weighted by Crippen LogP contribution is 2.38. The molecule has 0 saturated carbocycles. The van der Waals surface area contributed by atoms with Crippen LogP contribution in [0.1, 0.15) is 32.3 Å². The van der Waals surface area contributed by atoms with Crippen molar-refractivity contribution in [2.75, 3.05) is 39.3 Å². The number of nitrogens with one attached hydrogen (secondary N) is 3. The number of piperazine rings is 1. The third kappa shape index (κ3) is 3.57. The van der Waals surface area contributed by atoms with Crippen LogP contribution in [0.5, 0.6) is 0 Å². The first-order valence-electron chi connectivity index (χ1n) is 9.29. The molecule has 3 N–H and O–H groups in total. The monoisotopic (exact) mass is 328 g/mol. The van der Waals surface area contributed by atoms with E-state index in [2.05, 4.69) is 78.0 Å². The Morgan fingerprint density at radius 1 is 1.08 bits per heavy atom. The predicted octanol–water partition coefficient (Wildman–Crippen LogP) is 1.92. The van der Waals surface area contributed by atoms with Crippen molar-refractivity contribution < 1.29 is 0 Å². The van der Waals surface area contributed by atoms with E-state index < -0.39 is 0 Å². The normalized spacial score (nSPS) is 22.7. The Kier molecular flexibility index (Phi) is 5.72. The number of rotatable bonds is 5. The Morgan fingerprint density at radius 2 is 1.71 bits per heavy atom. The molecular weight excluding hydrogens is 296 g/mol. The number of hydrogen-bond donors (Lipinski definition) is 3. The smallest absolute Gasteiger partial charge is 0.0682 e. The van der Waals surface area contributed by atoms with Crippen LogP contribution in [0.25, 0.3) is 0 Å². The lowest BCUT2D eigenvalue weighted by atomic mass is 9.77. The molecule has 132 valence electrons. The topological polar surface area (TPSA) is 39.3 Å². The van der Waals surface area contributed by atoms with Crippen LogP contribution in [0.2, 0.25) is 0 Å². The lowest BCUT2D eigenvalue weighted by Crippen LogP contribution is -2.56. The molecule has 1 aromatic carbocycles. The average molecular weight is 329 g/mol. The van der Waals surface area contributed by atoms with Crippen molar-refractivity contribution in [2.24, 2.45) is 0 Å². The second kappa shape index (κ2) is 7.79. The summed E-state index contributed by atoms with van der Waals surface area (Å²) < 4.78 is 0. The molecule has 4 heteroatoms. The van der Waals surface area contributed by atoms with Crippen molar-refractivity contribution in [2.45, 2.75) is 38.4 Å². The Labute approximate surface area is 146 Å². The maximum Gasteiger partial charge on any atom is 0.0682 e. The second-order valence-electron chi connectivity index (χ2n) is 7.31. The van der Waals surface area contributed by atoms with E-state index in [1.165, 1.54) is 11.1 Å². The third-order valence-electron chi connectivity index (χ3n) is 5.61. The van der Waals surface area contributed by atoms with Gasteiger partial charge in [0.25, 0.3) is 0 Å². The van der Waals surface area contributed by atoms with Crippen molar-refractivity contribution in [1.29, 1.82) is 0 Å². The van der Waals surface area contributed by atoms with Crippen LogP contribution in [0, 0.1) is 0 Å². The Balaban J connectivity index is 1.94. The SMILES string of the molecule is CC=C(C(c1ccccc1)C1NCCN1)C(C)(C)N1CCNCC1. The maximum absolute atomic E-state index is 3.66. The van der Waals surface area contributed by atoms with Gasteiger partial charge in [0.15, 0.2) is 0 Å². The molecule has 0 aromatic heterocycles. The van der Waals surface area contributed by atoms with Crippen LogP contribution in [0.3, 0.4) is 0 Å². The van der Waals surface area contributed by atoms with Crippen molar-refractivity contribution >= 4 is 0 Å². The molecule has 2 saturated heterocycles. The number of hydrogen-bond acceptors (Lipinski definition) is 4. The summed E-state index contributed by atoms with van der Waals surface area (Å²) in [6, 6.07) is 10.9. The van der Waals surface area contributed by atoms with Gasteiger partial charge in [-0.05, 0) is 31.9 Å². The molecule has 2 fully saturated rings. The maximum atomic E-state index is 3.66. The van der Waals surface area contributed by atoms with Crippen LogP contribution >= 0.6 is 0 Å². The fourth-order valence-corrected chi connectivity index (χ4v) is 4.29. The summed E-state index contributed by atoms with van der Waals surface area (Å²) in [6.45, 7) is 13.4. The highest BCUT2D eigenvalue weighted by atomic mass is 15.2. The van der Waals surface area contributed by atoms with Gasteiger partial charge in [-0.2, -0.15) is 0 Å². The van der Waals surface area contributed by atoms with E-state index in [9.17, 15) is 0 Å². The minimum absolute atomic E-state index is 0.0449. The van der Waals surface area contributed by atoms with Crippen LogP contribution in [0.15, 0.2) is 42.0 Å². The lowest BCUT2D eigenvalue weighted by molar-refractivity contribution is 0.124. The zero-order valence-corrected chi connectivity index (χ0v) is 15.3. The molecule has 0 amide bonds. The minimum Gasteiger partial charge on any atom is -0.314 e. The van der Waals surface area contributed by atoms with Crippen LogP contribution in [-0.4, -0.2) is 55.9 Å². The van der Waals surface area contributed by atoms with Gasteiger partial charge < -0.3 is 5.32 Å². The number of benzene rings is 1. The van der Waals surface area contributed by atoms with Gasteiger partial charge in [0.05, 0.1) is 6.17 Å². The molecule has 0 aliphatic carbocycles. The number of allylic oxidation sites excluding steroid dienone is 1. The summed E-state index contributed by atoms with van der Waals surface area (Å²) in [6.07, 6.45) is 2.65. The van der Waals surface area contributed by atoms with E-state index in [0.29, 0.717) is 12.1 Å². The first-order valence-corrected chi connectivity index (χ1v) is 9.29. The fourth-order valence-electron chi connectivity index (χ4n) is 4.29. The summed E-state index contributed by atoms with van der Waals surface area (Å²) in [5.41, 5.74) is 2.94. The molecular formula is C20H32N4. The quantitative estimate of drug-likeness (QED) is 0.722. The van der Waals surface area contributed by atoms with Gasteiger partial charge in [0.1, 0.15) is 0 Å². The van der Waals surface area contributed by atoms with Gasteiger partial charge in [-0.3, -0.25) is 15.5 Å². The van der Waals surface area contributed by atoms with Crippen molar-refractivity contribution in [3.8, 4) is 0 Å². The van der Waals surface area contributed by atoms with Gasteiger partial charge in [-0.1, -0.05) is 36.4 Å². The van der Waals surface area contributed by atoms with Crippen LogP contribution in [0.4, 0.5) is 0 Å². The largest absolute Gasteiger partial charge is 0.314 e. The first-order chi connectivity index (χ1) is 11.6. The summed E-state index contributed by atoms with van der Waals surface area (Å²) in [5, 5.41) is 10.8. The van der Waals surface area contributed by atoms with Crippen molar-refractivity contribution in [1.82, 2.24) is 20.9 Å². The number of nitrogens with zero attached hydrogens (tertiary/aromatic N) is 1. The summed E-state index contributed by atoms with van der Waals surface area (Å²) in [4.78, 5) is 2.63. The molecule has 2 heterocycles. The molecule has 0 spiro atoms. The molecule has 1 unspecified atom stereocenters. The molecule has 2 aliphatic heterocycles. The highest BCUT2D eigenvalue weighted by molar-refractivity contribution is 5.36. The van der Waals surface area contributed by atoms with Gasteiger partial charge in [-0.25, -0.2) is 0 Å². The van der Waals surface area contributed by atoms with Crippen LogP contribution < -0.4 is 16.0 Å².